The smallest absolute Gasteiger partial charge is 0.226 e. The summed E-state index contributed by atoms with van der Waals surface area (Å²) in [5.74, 6) is 2.32. The molecule has 21 heavy (non-hydrogen) atoms. The van der Waals surface area contributed by atoms with Crippen LogP contribution < -0.4 is 0 Å². The Hall–Kier alpha value is -1.32. The first kappa shape index (κ1) is 14.6. The van der Waals surface area contributed by atoms with Crippen LogP contribution in [-0.2, 0) is 12.8 Å². The SMILES string of the molecule is Cc1cnc(-c2ccc3c(c2)CCN(CCCCl)CC3)o1. The molecule has 0 amide bonds. The summed E-state index contributed by atoms with van der Waals surface area (Å²) < 4.78 is 5.63. The van der Waals surface area contributed by atoms with Gasteiger partial charge in [0.15, 0.2) is 0 Å². The van der Waals surface area contributed by atoms with Crippen LogP contribution in [0.5, 0.6) is 0 Å². The highest BCUT2D eigenvalue weighted by Crippen LogP contribution is 2.24. The van der Waals surface area contributed by atoms with Crippen LogP contribution in [0.1, 0.15) is 23.3 Å². The number of benzene rings is 1. The van der Waals surface area contributed by atoms with Crippen molar-refractivity contribution >= 4 is 11.6 Å². The lowest BCUT2D eigenvalue weighted by molar-refractivity contribution is 0.289. The molecule has 1 aromatic heterocycles. The number of hydrogen-bond donors (Lipinski definition) is 0. The molecule has 0 N–H and O–H groups in total. The van der Waals surface area contributed by atoms with E-state index >= 15 is 0 Å². The number of aryl methyl sites for hydroxylation is 1. The van der Waals surface area contributed by atoms with Gasteiger partial charge >= 0.3 is 0 Å². The topological polar surface area (TPSA) is 29.3 Å². The van der Waals surface area contributed by atoms with Crippen LogP contribution in [0, 0.1) is 6.92 Å². The monoisotopic (exact) mass is 304 g/mol. The fourth-order valence-electron chi connectivity index (χ4n) is 2.90. The molecule has 0 spiro atoms. The van der Waals surface area contributed by atoms with E-state index in [1.165, 1.54) is 11.1 Å². The van der Waals surface area contributed by atoms with Crippen LogP contribution in [0.2, 0.25) is 0 Å². The molecule has 3 rings (SSSR count). The molecule has 1 aliphatic heterocycles. The maximum atomic E-state index is 5.80. The van der Waals surface area contributed by atoms with Crippen molar-refractivity contribution in [1.29, 1.82) is 0 Å². The summed E-state index contributed by atoms with van der Waals surface area (Å²) in [6.07, 6.45) is 5.04. The van der Waals surface area contributed by atoms with Crippen LogP contribution in [0.4, 0.5) is 0 Å². The Kier molecular flexibility index (Phi) is 4.61. The molecule has 1 aliphatic rings. The summed E-state index contributed by atoms with van der Waals surface area (Å²) >= 11 is 5.80. The number of hydrogen-bond acceptors (Lipinski definition) is 3. The molecule has 0 aliphatic carbocycles. The second-order valence-electron chi connectivity index (χ2n) is 5.64. The lowest BCUT2D eigenvalue weighted by Crippen LogP contribution is -2.27. The number of aromatic nitrogens is 1. The predicted octanol–water partition coefficient (Wildman–Crippen LogP) is 3.68. The van der Waals surface area contributed by atoms with Gasteiger partial charge in [-0.05, 0) is 56.0 Å². The average molecular weight is 305 g/mol. The first-order valence-corrected chi connectivity index (χ1v) is 8.12. The van der Waals surface area contributed by atoms with Gasteiger partial charge in [-0.3, -0.25) is 0 Å². The molecule has 1 aromatic carbocycles. The van der Waals surface area contributed by atoms with E-state index in [1.807, 2.05) is 6.92 Å². The van der Waals surface area contributed by atoms with Gasteiger partial charge < -0.3 is 9.32 Å². The fraction of sp³-hybridized carbons (Fsp3) is 0.471. The van der Waals surface area contributed by atoms with E-state index < -0.39 is 0 Å². The Bertz CT molecular complexity index is 609. The largest absolute Gasteiger partial charge is 0.441 e. The molecule has 0 atom stereocenters. The Morgan fingerprint density at radius 3 is 2.76 bits per heavy atom. The molecule has 0 bridgehead atoms. The molecule has 0 unspecified atom stereocenters. The van der Waals surface area contributed by atoms with E-state index in [1.54, 1.807) is 6.20 Å². The number of fused-ring (bicyclic) bond motifs is 1. The van der Waals surface area contributed by atoms with Crippen LogP contribution in [0.3, 0.4) is 0 Å². The quantitative estimate of drug-likeness (QED) is 0.807. The second-order valence-corrected chi connectivity index (χ2v) is 6.02. The lowest BCUT2D eigenvalue weighted by atomic mass is 10.00. The number of rotatable bonds is 4. The summed E-state index contributed by atoms with van der Waals surface area (Å²) in [6, 6.07) is 6.60. The highest BCUT2D eigenvalue weighted by atomic mass is 35.5. The first-order valence-electron chi connectivity index (χ1n) is 7.59. The van der Waals surface area contributed by atoms with E-state index in [4.69, 9.17) is 16.0 Å². The summed E-state index contributed by atoms with van der Waals surface area (Å²) in [4.78, 5) is 6.83. The van der Waals surface area contributed by atoms with Gasteiger partial charge in [-0.25, -0.2) is 4.98 Å². The second kappa shape index (κ2) is 6.63. The Morgan fingerprint density at radius 1 is 1.24 bits per heavy atom. The van der Waals surface area contributed by atoms with E-state index in [0.717, 1.165) is 62.0 Å². The molecular weight excluding hydrogens is 284 g/mol. The summed E-state index contributed by atoms with van der Waals surface area (Å²) in [7, 11) is 0. The van der Waals surface area contributed by atoms with Gasteiger partial charge in [-0.15, -0.1) is 11.6 Å². The van der Waals surface area contributed by atoms with Crippen molar-refractivity contribution in [3.8, 4) is 11.5 Å². The van der Waals surface area contributed by atoms with Gasteiger partial charge in [-0.1, -0.05) is 6.07 Å². The normalized spacial score (nSPS) is 15.7. The standard InChI is InChI=1S/C17H21ClN2O/c1-13-12-19-17(21-13)16-4-3-14-5-9-20(8-2-7-18)10-6-15(14)11-16/h3-4,11-12H,2,5-10H2,1H3. The van der Waals surface area contributed by atoms with Crippen LogP contribution in [-0.4, -0.2) is 35.4 Å². The lowest BCUT2D eigenvalue weighted by Gasteiger charge is -2.18. The van der Waals surface area contributed by atoms with Gasteiger partial charge in [0, 0.05) is 24.5 Å². The molecule has 0 fully saturated rings. The number of oxazole rings is 1. The minimum atomic E-state index is 0.721. The van der Waals surface area contributed by atoms with Crippen molar-refractivity contribution in [2.45, 2.75) is 26.2 Å². The van der Waals surface area contributed by atoms with Gasteiger partial charge in [-0.2, -0.15) is 0 Å². The van der Waals surface area contributed by atoms with Crippen molar-refractivity contribution in [3.05, 3.63) is 41.3 Å². The minimum absolute atomic E-state index is 0.721. The highest BCUT2D eigenvalue weighted by molar-refractivity contribution is 6.17. The van der Waals surface area contributed by atoms with Gasteiger partial charge in [0.2, 0.25) is 5.89 Å². The molecule has 112 valence electrons. The molecule has 2 heterocycles. The first-order chi connectivity index (χ1) is 10.3. The van der Waals surface area contributed by atoms with Crippen molar-refractivity contribution in [2.24, 2.45) is 0 Å². The van der Waals surface area contributed by atoms with Crippen LogP contribution in [0.25, 0.3) is 11.5 Å². The zero-order chi connectivity index (χ0) is 14.7. The average Bonchev–Trinajstić information content (AvgIpc) is 2.83. The van der Waals surface area contributed by atoms with Crippen molar-refractivity contribution in [1.82, 2.24) is 9.88 Å². The Balaban J connectivity index is 1.77. The minimum Gasteiger partial charge on any atom is -0.441 e. The zero-order valence-corrected chi connectivity index (χ0v) is 13.2. The molecule has 4 heteroatoms. The summed E-state index contributed by atoms with van der Waals surface area (Å²) in [5.41, 5.74) is 3.96. The molecular formula is C17H21ClN2O. The maximum Gasteiger partial charge on any atom is 0.226 e. The van der Waals surface area contributed by atoms with E-state index in [9.17, 15) is 0 Å². The van der Waals surface area contributed by atoms with Gasteiger partial charge in [0.25, 0.3) is 0 Å². The Morgan fingerprint density at radius 2 is 2.05 bits per heavy atom. The molecule has 2 aromatic rings. The zero-order valence-electron chi connectivity index (χ0n) is 12.4. The molecule has 3 nitrogen and oxygen atoms in total. The number of nitrogens with zero attached hydrogens (tertiary/aromatic N) is 2. The van der Waals surface area contributed by atoms with Crippen molar-refractivity contribution in [2.75, 3.05) is 25.5 Å². The molecule has 0 radical (unpaired) electrons. The third-order valence-electron chi connectivity index (χ3n) is 4.08. The van der Waals surface area contributed by atoms with Gasteiger partial charge in [0.1, 0.15) is 5.76 Å². The van der Waals surface area contributed by atoms with E-state index in [0.29, 0.717) is 0 Å². The van der Waals surface area contributed by atoms with Crippen LogP contribution >= 0.6 is 11.6 Å². The third kappa shape index (κ3) is 3.47. The van der Waals surface area contributed by atoms with E-state index in [2.05, 4.69) is 28.1 Å². The third-order valence-corrected chi connectivity index (χ3v) is 4.34. The van der Waals surface area contributed by atoms with E-state index in [-0.39, 0.29) is 0 Å². The molecule has 0 saturated carbocycles. The number of halogens is 1. The highest BCUT2D eigenvalue weighted by Gasteiger charge is 2.15. The summed E-state index contributed by atoms with van der Waals surface area (Å²) in [5, 5.41) is 0. The predicted molar refractivity (Wildman–Crippen MR) is 85.9 cm³/mol. The van der Waals surface area contributed by atoms with Crippen molar-refractivity contribution in [3.63, 3.8) is 0 Å². The fourth-order valence-corrected chi connectivity index (χ4v) is 3.02. The van der Waals surface area contributed by atoms with Crippen LogP contribution in [0.15, 0.2) is 28.8 Å². The van der Waals surface area contributed by atoms with Gasteiger partial charge in [0.05, 0.1) is 6.20 Å². The maximum absolute atomic E-state index is 5.80. The Labute approximate surface area is 130 Å². The summed E-state index contributed by atoms with van der Waals surface area (Å²) in [6.45, 7) is 5.26. The number of alkyl halides is 1. The molecule has 0 saturated heterocycles. The van der Waals surface area contributed by atoms with Crippen molar-refractivity contribution < 1.29 is 4.42 Å².